The maximum Gasteiger partial charge on any atom is 0.239 e. The van der Waals surface area contributed by atoms with Crippen LogP contribution >= 0.6 is 0 Å². The minimum absolute atomic E-state index is 0.00224. The van der Waals surface area contributed by atoms with E-state index in [0.717, 1.165) is 11.3 Å². The Hall–Kier alpha value is -2.69. The van der Waals surface area contributed by atoms with Crippen molar-refractivity contribution in [1.82, 2.24) is 5.32 Å². The average Bonchev–Trinajstić information content (AvgIpc) is 2.54. The van der Waals surface area contributed by atoms with Crippen molar-refractivity contribution < 1.29 is 14.0 Å². The second kappa shape index (κ2) is 7.54. The number of benzene rings is 2. The van der Waals surface area contributed by atoms with Gasteiger partial charge in [-0.15, -0.1) is 0 Å². The number of halogens is 1. The van der Waals surface area contributed by atoms with Gasteiger partial charge in [-0.05, 0) is 55.8 Å². The summed E-state index contributed by atoms with van der Waals surface area (Å²) in [5, 5.41) is 5.83. The van der Waals surface area contributed by atoms with E-state index in [1.54, 1.807) is 36.4 Å². The number of nitrogens with one attached hydrogen (secondary N) is 2. The zero-order valence-corrected chi connectivity index (χ0v) is 13.1. The molecule has 4 nitrogen and oxygen atoms in total. The minimum Gasteiger partial charge on any atom is -0.376 e. The molecule has 2 aromatic carbocycles. The van der Waals surface area contributed by atoms with Crippen LogP contribution in [0, 0.1) is 5.82 Å². The number of carbonyl (C=O) groups excluding carboxylic acids is 2. The first-order chi connectivity index (χ1) is 11.0. The molecule has 0 saturated carbocycles. The van der Waals surface area contributed by atoms with Crippen molar-refractivity contribution in [3.8, 4) is 0 Å². The lowest BCUT2D eigenvalue weighted by Gasteiger charge is -2.15. The summed E-state index contributed by atoms with van der Waals surface area (Å²) in [6, 6.07) is 12.8. The van der Waals surface area contributed by atoms with Crippen molar-refractivity contribution in [3.63, 3.8) is 0 Å². The number of carbonyl (C=O) groups is 2. The summed E-state index contributed by atoms with van der Waals surface area (Å²) in [4.78, 5) is 23.1. The van der Waals surface area contributed by atoms with Crippen molar-refractivity contribution in [3.05, 3.63) is 65.5 Å². The van der Waals surface area contributed by atoms with E-state index >= 15 is 0 Å². The molecule has 2 N–H and O–H groups in total. The van der Waals surface area contributed by atoms with Gasteiger partial charge in [-0.3, -0.25) is 9.59 Å². The summed E-state index contributed by atoms with van der Waals surface area (Å²) in [5.41, 5.74) is 2.23. The molecule has 0 spiro atoms. The lowest BCUT2D eigenvalue weighted by Crippen LogP contribution is -2.32. The van der Waals surface area contributed by atoms with Crippen LogP contribution in [-0.2, 0) is 4.79 Å². The van der Waals surface area contributed by atoms with Gasteiger partial charge in [-0.1, -0.05) is 12.1 Å². The number of Topliss-reactive ketones (excluding diaryl/α,β-unsaturated/α-hetero) is 1. The van der Waals surface area contributed by atoms with E-state index in [9.17, 15) is 14.0 Å². The standard InChI is InChI=1S/C18H19FN2O2/c1-12(14-3-7-16(19)8-4-14)21-18(23)11-20-17-9-5-15(6-10-17)13(2)22/h3-10,12,20H,11H2,1-2H3,(H,21,23). The highest BCUT2D eigenvalue weighted by molar-refractivity contribution is 5.94. The molecule has 1 unspecified atom stereocenters. The van der Waals surface area contributed by atoms with Crippen LogP contribution in [0.1, 0.15) is 35.8 Å². The van der Waals surface area contributed by atoms with Gasteiger partial charge in [-0.25, -0.2) is 4.39 Å². The van der Waals surface area contributed by atoms with Gasteiger partial charge in [0.25, 0.3) is 0 Å². The molecule has 0 aromatic heterocycles. The molecule has 2 aromatic rings. The number of rotatable bonds is 6. The normalized spacial score (nSPS) is 11.6. The van der Waals surface area contributed by atoms with E-state index in [1.807, 2.05) is 6.92 Å². The molecule has 23 heavy (non-hydrogen) atoms. The van der Waals surface area contributed by atoms with Crippen LogP contribution < -0.4 is 10.6 Å². The van der Waals surface area contributed by atoms with E-state index < -0.39 is 0 Å². The van der Waals surface area contributed by atoms with Gasteiger partial charge in [0.05, 0.1) is 12.6 Å². The van der Waals surface area contributed by atoms with Crippen molar-refractivity contribution in [1.29, 1.82) is 0 Å². The smallest absolute Gasteiger partial charge is 0.239 e. The number of ketones is 1. The molecule has 5 heteroatoms. The lowest BCUT2D eigenvalue weighted by molar-refractivity contribution is -0.120. The van der Waals surface area contributed by atoms with Gasteiger partial charge < -0.3 is 10.6 Å². The molecule has 0 saturated heterocycles. The van der Waals surface area contributed by atoms with Crippen LogP contribution in [0.2, 0.25) is 0 Å². The topological polar surface area (TPSA) is 58.2 Å². The number of hydrogen-bond donors (Lipinski definition) is 2. The molecular formula is C18H19FN2O2. The van der Waals surface area contributed by atoms with Crippen molar-refractivity contribution in [2.24, 2.45) is 0 Å². The first kappa shape index (κ1) is 16.7. The van der Waals surface area contributed by atoms with Gasteiger partial charge in [0.1, 0.15) is 5.82 Å². The Labute approximate surface area is 134 Å². The Balaban J connectivity index is 1.84. The zero-order chi connectivity index (χ0) is 16.8. The summed E-state index contributed by atoms with van der Waals surface area (Å²) in [6.45, 7) is 3.46. The molecule has 0 heterocycles. The van der Waals surface area contributed by atoms with E-state index in [1.165, 1.54) is 19.1 Å². The van der Waals surface area contributed by atoms with Crippen molar-refractivity contribution in [2.45, 2.75) is 19.9 Å². The summed E-state index contributed by atoms with van der Waals surface area (Å²) in [7, 11) is 0. The van der Waals surface area contributed by atoms with Gasteiger partial charge in [0, 0.05) is 11.3 Å². The molecule has 2 rings (SSSR count). The Kier molecular flexibility index (Phi) is 5.46. The molecule has 1 atom stereocenters. The van der Waals surface area contributed by atoms with E-state index in [-0.39, 0.29) is 30.1 Å². The highest BCUT2D eigenvalue weighted by Crippen LogP contribution is 2.13. The largest absolute Gasteiger partial charge is 0.376 e. The quantitative estimate of drug-likeness (QED) is 0.804. The Morgan fingerprint density at radius 2 is 1.65 bits per heavy atom. The Morgan fingerprint density at radius 3 is 2.22 bits per heavy atom. The van der Waals surface area contributed by atoms with Crippen LogP contribution in [0.3, 0.4) is 0 Å². The van der Waals surface area contributed by atoms with Crippen molar-refractivity contribution >= 4 is 17.4 Å². The molecule has 0 fully saturated rings. The highest BCUT2D eigenvalue weighted by Gasteiger charge is 2.09. The summed E-state index contributed by atoms with van der Waals surface area (Å²) < 4.78 is 12.9. The maximum absolute atomic E-state index is 12.9. The zero-order valence-electron chi connectivity index (χ0n) is 13.1. The van der Waals surface area contributed by atoms with Gasteiger partial charge >= 0.3 is 0 Å². The predicted octanol–water partition coefficient (Wildman–Crippen LogP) is 3.32. The Morgan fingerprint density at radius 1 is 1.04 bits per heavy atom. The van der Waals surface area contributed by atoms with Crippen LogP contribution in [0.5, 0.6) is 0 Å². The second-order valence-corrected chi connectivity index (χ2v) is 5.33. The third-order valence-corrected chi connectivity index (χ3v) is 3.49. The second-order valence-electron chi connectivity index (χ2n) is 5.33. The monoisotopic (exact) mass is 314 g/mol. The maximum atomic E-state index is 12.9. The SMILES string of the molecule is CC(=O)c1ccc(NCC(=O)NC(C)c2ccc(F)cc2)cc1. The number of anilines is 1. The Bertz CT molecular complexity index is 681. The molecule has 0 aliphatic rings. The third-order valence-electron chi connectivity index (χ3n) is 3.49. The molecule has 0 radical (unpaired) electrons. The summed E-state index contributed by atoms with van der Waals surface area (Å²) in [6.07, 6.45) is 0. The number of hydrogen-bond acceptors (Lipinski definition) is 3. The fourth-order valence-corrected chi connectivity index (χ4v) is 2.13. The minimum atomic E-state index is -0.303. The fourth-order valence-electron chi connectivity index (χ4n) is 2.13. The third kappa shape index (κ3) is 4.92. The van der Waals surface area contributed by atoms with Gasteiger partial charge in [0.2, 0.25) is 5.91 Å². The highest BCUT2D eigenvalue weighted by atomic mass is 19.1. The lowest BCUT2D eigenvalue weighted by atomic mass is 10.1. The van der Waals surface area contributed by atoms with Crippen LogP contribution in [0.15, 0.2) is 48.5 Å². The van der Waals surface area contributed by atoms with Crippen LogP contribution in [0.25, 0.3) is 0 Å². The van der Waals surface area contributed by atoms with Crippen molar-refractivity contribution in [2.75, 3.05) is 11.9 Å². The molecule has 0 aliphatic heterocycles. The van der Waals surface area contributed by atoms with Crippen LogP contribution in [-0.4, -0.2) is 18.2 Å². The summed E-state index contributed by atoms with van der Waals surface area (Å²) in [5.74, 6) is -0.470. The van der Waals surface area contributed by atoms with Gasteiger partial charge in [0.15, 0.2) is 5.78 Å². The summed E-state index contributed by atoms with van der Waals surface area (Å²) >= 11 is 0. The van der Waals surface area contributed by atoms with E-state index in [0.29, 0.717) is 5.56 Å². The van der Waals surface area contributed by atoms with E-state index in [4.69, 9.17) is 0 Å². The van der Waals surface area contributed by atoms with Gasteiger partial charge in [-0.2, -0.15) is 0 Å². The van der Waals surface area contributed by atoms with E-state index in [2.05, 4.69) is 10.6 Å². The average molecular weight is 314 g/mol. The fraction of sp³-hybridized carbons (Fsp3) is 0.222. The molecular weight excluding hydrogens is 295 g/mol. The molecule has 1 amide bonds. The number of amides is 1. The molecule has 120 valence electrons. The van der Waals surface area contributed by atoms with Crippen LogP contribution in [0.4, 0.5) is 10.1 Å². The first-order valence-corrected chi connectivity index (χ1v) is 7.35. The predicted molar refractivity (Wildman–Crippen MR) is 87.9 cm³/mol. The molecule has 0 bridgehead atoms. The molecule has 0 aliphatic carbocycles. The first-order valence-electron chi connectivity index (χ1n) is 7.35.